The van der Waals surface area contributed by atoms with Crippen LogP contribution in [-0.4, -0.2) is 0 Å². The summed E-state index contributed by atoms with van der Waals surface area (Å²) in [5.74, 6) is 0. The molecule has 0 unspecified atom stereocenters. The molecule has 0 saturated heterocycles. The van der Waals surface area contributed by atoms with Crippen molar-refractivity contribution in [2.75, 3.05) is 0 Å². The van der Waals surface area contributed by atoms with Crippen molar-refractivity contribution in [3.05, 3.63) is 41.5 Å². The van der Waals surface area contributed by atoms with Gasteiger partial charge < -0.3 is 0 Å². The summed E-state index contributed by atoms with van der Waals surface area (Å²) in [4.78, 5) is 0. The van der Waals surface area contributed by atoms with Crippen molar-refractivity contribution >= 4 is 6.08 Å². The Balaban J connectivity index is 2.13. The van der Waals surface area contributed by atoms with Crippen LogP contribution in [0.3, 0.4) is 0 Å². The minimum absolute atomic E-state index is 0.348. The Labute approximate surface area is 118 Å². The van der Waals surface area contributed by atoms with E-state index in [0.717, 1.165) is 0 Å². The predicted molar refractivity (Wildman–Crippen MR) is 85.4 cm³/mol. The molecular weight excluding hydrogens is 228 g/mol. The number of benzene rings is 1. The van der Waals surface area contributed by atoms with Gasteiger partial charge in [0.1, 0.15) is 0 Å². The van der Waals surface area contributed by atoms with Gasteiger partial charge in [0.25, 0.3) is 0 Å². The fraction of sp³-hybridized carbons (Fsp3) is 0.579. The molecule has 0 fully saturated rings. The summed E-state index contributed by atoms with van der Waals surface area (Å²) >= 11 is 0. The van der Waals surface area contributed by atoms with Gasteiger partial charge in [0.15, 0.2) is 0 Å². The number of hydrogen-bond donors (Lipinski definition) is 0. The monoisotopic (exact) mass is 256 g/mol. The van der Waals surface area contributed by atoms with E-state index in [0.29, 0.717) is 5.41 Å². The van der Waals surface area contributed by atoms with Crippen LogP contribution in [0.25, 0.3) is 6.08 Å². The van der Waals surface area contributed by atoms with Crippen molar-refractivity contribution in [2.24, 2.45) is 0 Å². The second-order valence-electron chi connectivity index (χ2n) is 5.99. The third-order valence-corrected chi connectivity index (χ3v) is 4.53. The normalized spacial score (nSPS) is 15.7. The summed E-state index contributed by atoms with van der Waals surface area (Å²) in [5, 5.41) is 0. The van der Waals surface area contributed by atoms with Crippen molar-refractivity contribution in [3.63, 3.8) is 0 Å². The zero-order chi connectivity index (χ0) is 13.6. The molecule has 0 aliphatic heterocycles. The first kappa shape index (κ1) is 14.4. The van der Waals surface area contributed by atoms with Crippen LogP contribution in [0.1, 0.15) is 76.3 Å². The average molecular weight is 256 g/mol. The maximum Gasteiger partial charge on any atom is 0.0141 e. The highest BCUT2D eigenvalue weighted by molar-refractivity contribution is 5.65. The lowest BCUT2D eigenvalue weighted by Gasteiger charge is -2.29. The SMILES string of the molecule is CCCCCC1(CCCCC)C=Cc2ccccc21. The minimum atomic E-state index is 0.348. The molecule has 1 aliphatic carbocycles. The van der Waals surface area contributed by atoms with E-state index in [1.54, 1.807) is 5.56 Å². The molecule has 0 radical (unpaired) electrons. The molecule has 0 spiro atoms. The van der Waals surface area contributed by atoms with E-state index in [-0.39, 0.29) is 0 Å². The highest BCUT2D eigenvalue weighted by atomic mass is 14.4. The molecule has 0 saturated carbocycles. The molecule has 0 aromatic heterocycles. The van der Waals surface area contributed by atoms with Gasteiger partial charge in [0, 0.05) is 5.41 Å². The van der Waals surface area contributed by atoms with E-state index in [2.05, 4.69) is 50.3 Å². The summed E-state index contributed by atoms with van der Waals surface area (Å²) in [6, 6.07) is 9.00. The maximum atomic E-state index is 2.50. The predicted octanol–water partition coefficient (Wildman–Crippen LogP) is 6.11. The van der Waals surface area contributed by atoms with Crippen molar-refractivity contribution in [3.8, 4) is 0 Å². The van der Waals surface area contributed by atoms with Crippen LogP contribution in [0.15, 0.2) is 30.3 Å². The van der Waals surface area contributed by atoms with Crippen molar-refractivity contribution in [1.82, 2.24) is 0 Å². The molecule has 1 aromatic rings. The van der Waals surface area contributed by atoms with E-state index in [9.17, 15) is 0 Å². The Hall–Kier alpha value is -1.04. The minimum Gasteiger partial charge on any atom is -0.0733 e. The van der Waals surface area contributed by atoms with E-state index in [4.69, 9.17) is 0 Å². The van der Waals surface area contributed by atoms with Gasteiger partial charge in [-0.2, -0.15) is 0 Å². The summed E-state index contributed by atoms with van der Waals surface area (Å²) in [5.41, 5.74) is 3.39. The molecule has 1 aromatic carbocycles. The van der Waals surface area contributed by atoms with Crippen LogP contribution in [0.2, 0.25) is 0 Å². The lowest BCUT2D eigenvalue weighted by molar-refractivity contribution is 0.416. The topological polar surface area (TPSA) is 0 Å². The molecule has 0 atom stereocenters. The number of fused-ring (bicyclic) bond motifs is 1. The Morgan fingerprint density at radius 3 is 2.11 bits per heavy atom. The molecule has 0 nitrogen and oxygen atoms in total. The Morgan fingerprint density at radius 1 is 0.842 bits per heavy atom. The number of hydrogen-bond acceptors (Lipinski definition) is 0. The lowest BCUT2D eigenvalue weighted by Crippen LogP contribution is -2.22. The fourth-order valence-corrected chi connectivity index (χ4v) is 3.38. The molecule has 19 heavy (non-hydrogen) atoms. The van der Waals surface area contributed by atoms with E-state index in [1.807, 2.05) is 0 Å². The van der Waals surface area contributed by atoms with Gasteiger partial charge in [-0.25, -0.2) is 0 Å². The molecule has 0 heteroatoms. The average Bonchev–Trinajstić information content (AvgIpc) is 2.80. The summed E-state index contributed by atoms with van der Waals surface area (Å²) in [6.07, 6.45) is 15.6. The Bertz CT molecular complexity index is 404. The molecule has 2 rings (SSSR count). The van der Waals surface area contributed by atoms with Crippen LogP contribution in [0, 0.1) is 0 Å². The zero-order valence-corrected chi connectivity index (χ0v) is 12.6. The van der Waals surface area contributed by atoms with Crippen molar-refractivity contribution < 1.29 is 0 Å². The number of unbranched alkanes of at least 4 members (excludes halogenated alkanes) is 4. The van der Waals surface area contributed by atoms with E-state index >= 15 is 0 Å². The summed E-state index contributed by atoms with van der Waals surface area (Å²) < 4.78 is 0. The molecule has 0 amide bonds. The fourth-order valence-electron chi connectivity index (χ4n) is 3.38. The molecule has 0 N–H and O–H groups in total. The van der Waals surface area contributed by atoms with Crippen LogP contribution in [-0.2, 0) is 5.41 Å². The van der Waals surface area contributed by atoms with Crippen LogP contribution < -0.4 is 0 Å². The van der Waals surface area contributed by atoms with Gasteiger partial charge in [-0.3, -0.25) is 0 Å². The summed E-state index contributed by atoms with van der Waals surface area (Å²) in [7, 11) is 0. The van der Waals surface area contributed by atoms with Crippen molar-refractivity contribution in [2.45, 2.75) is 70.6 Å². The Morgan fingerprint density at radius 2 is 1.47 bits per heavy atom. The zero-order valence-electron chi connectivity index (χ0n) is 12.6. The summed E-state index contributed by atoms with van der Waals surface area (Å²) in [6.45, 7) is 4.59. The maximum absolute atomic E-state index is 2.50. The van der Waals surface area contributed by atoms with Gasteiger partial charge in [-0.1, -0.05) is 88.8 Å². The van der Waals surface area contributed by atoms with E-state index < -0.39 is 0 Å². The highest BCUT2D eigenvalue weighted by Gasteiger charge is 2.33. The van der Waals surface area contributed by atoms with Crippen molar-refractivity contribution in [1.29, 1.82) is 0 Å². The van der Waals surface area contributed by atoms with Gasteiger partial charge in [-0.15, -0.1) is 0 Å². The third kappa shape index (κ3) is 3.29. The molecule has 104 valence electrons. The first-order valence-electron chi connectivity index (χ1n) is 8.11. The quantitative estimate of drug-likeness (QED) is 0.492. The van der Waals surface area contributed by atoms with Crippen LogP contribution >= 0.6 is 0 Å². The van der Waals surface area contributed by atoms with Gasteiger partial charge in [-0.05, 0) is 24.0 Å². The van der Waals surface area contributed by atoms with Gasteiger partial charge in [0.2, 0.25) is 0 Å². The molecule has 0 bridgehead atoms. The van der Waals surface area contributed by atoms with E-state index in [1.165, 1.54) is 56.9 Å². The third-order valence-electron chi connectivity index (χ3n) is 4.53. The highest BCUT2D eigenvalue weighted by Crippen LogP contribution is 2.43. The second-order valence-corrected chi connectivity index (χ2v) is 5.99. The standard InChI is InChI=1S/C19H28/c1-3-5-9-14-19(15-10-6-4-2)16-13-17-11-7-8-12-18(17)19/h7-8,11-13,16H,3-6,9-10,14-15H2,1-2H3. The van der Waals surface area contributed by atoms with Gasteiger partial charge in [0.05, 0.1) is 0 Å². The Kier molecular flexibility index (Phi) is 5.24. The first-order chi connectivity index (χ1) is 9.32. The first-order valence-corrected chi connectivity index (χ1v) is 8.11. The second kappa shape index (κ2) is 6.93. The molecule has 0 heterocycles. The number of allylic oxidation sites excluding steroid dienone is 1. The lowest BCUT2D eigenvalue weighted by atomic mass is 9.74. The largest absolute Gasteiger partial charge is 0.0733 e. The number of rotatable bonds is 8. The molecular formula is C19H28. The smallest absolute Gasteiger partial charge is 0.0141 e. The van der Waals surface area contributed by atoms with Crippen LogP contribution in [0.5, 0.6) is 0 Å². The molecule has 1 aliphatic rings. The van der Waals surface area contributed by atoms with Gasteiger partial charge >= 0.3 is 0 Å². The van der Waals surface area contributed by atoms with Crippen LogP contribution in [0.4, 0.5) is 0 Å².